The molecule has 1 atom stereocenters. The first-order chi connectivity index (χ1) is 17.0. The molecule has 7 nitrogen and oxygen atoms in total. The fraction of sp³-hybridized carbons (Fsp3) is 0.407. The molecule has 0 radical (unpaired) electrons. The number of rotatable bonds is 8. The van der Waals surface area contributed by atoms with Crippen molar-refractivity contribution in [2.45, 2.75) is 31.8 Å². The van der Waals surface area contributed by atoms with E-state index in [4.69, 9.17) is 5.11 Å². The Hall–Kier alpha value is -3.07. The van der Waals surface area contributed by atoms with Crippen molar-refractivity contribution >= 4 is 22.6 Å². The average Bonchev–Trinajstić information content (AvgIpc) is 3.46. The van der Waals surface area contributed by atoms with E-state index in [9.17, 15) is 19.1 Å². The Morgan fingerprint density at radius 1 is 1.06 bits per heavy atom. The Morgan fingerprint density at radius 3 is 2.60 bits per heavy atom. The highest BCUT2D eigenvalue weighted by Gasteiger charge is 2.32. The molecule has 2 aromatic carbocycles. The number of carbonyl (C=O) groups excluding carboxylic acids is 2. The summed E-state index contributed by atoms with van der Waals surface area (Å²) in [5.74, 6) is -0.790. The van der Waals surface area contributed by atoms with Crippen molar-refractivity contribution in [3.8, 4) is 0 Å². The van der Waals surface area contributed by atoms with Crippen LogP contribution >= 0.6 is 0 Å². The number of hydrogen-bond acceptors (Lipinski definition) is 5. The van der Waals surface area contributed by atoms with Gasteiger partial charge in [0.1, 0.15) is 12.4 Å². The number of hydrogen-bond donors (Lipinski definition) is 2. The maximum Gasteiger partial charge on any atom is 0.256 e. The Balaban J connectivity index is 1.43. The van der Waals surface area contributed by atoms with Crippen molar-refractivity contribution in [3.63, 3.8) is 0 Å². The van der Waals surface area contributed by atoms with Gasteiger partial charge in [-0.1, -0.05) is 24.3 Å². The number of aliphatic hydroxyl groups excluding tert-OH is 2. The lowest BCUT2D eigenvalue weighted by atomic mass is 10.0. The number of aromatic nitrogens is 1. The molecular weight excluding hydrogens is 449 g/mol. The van der Waals surface area contributed by atoms with E-state index in [1.54, 1.807) is 18.2 Å². The largest absolute Gasteiger partial charge is 0.395 e. The molecule has 5 rings (SSSR count). The van der Waals surface area contributed by atoms with Crippen molar-refractivity contribution in [1.29, 1.82) is 0 Å². The van der Waals surface area contributed by atoms with E-state index < -0.39 is 6.61 Å². The number of benzene rings is 2. The monoisotopic (exact) mass is 479 g/mol. The quantitative estimate of drug-likeness (QED) is 0.485. The van der Waals surface area contributed by atoms with Crippen LogP contribution in [0.1, 0.15) is 44.8 Å². The minimum atomic E-state index is -0.530. The van der Waals surface area contributed by atoms with Crippen LogP contribution in [0.25, 0.3) is 10.9 Å². The Morgan fingerprint density at radius 2 is 1.86 bits per heavy atom. The number of likely N-dealkylation sites (tertiary alicyclic amines) is 1. The standard InChI is InChI=1S/C27H30FN3O4/c28-20-7-8-23-22(14-20)26-24(31(23)15-18-3-5-19(6-4-18)25(34)17-33)9-11-30(27(26)35)13-12-29-10-1-2-21(29)16-32/h3-8,14,21,32-33H,1-2,9-13,15-17H2/t21-/m1/s1. The molecule has 0 spiro atoms. The lowest BCUT2D eigenvalue weighted by Gasteiger charge is -2.31. The summed E-state index contributed by atoms with van der Waals surface area (Å²) in [4.78, 5) is 29.4. The second kappa shape index (κ2) is 9.89. The second-order valence-corrected chi connectivity index (χ2v) is 9.40. The van der Waals surface area contributed by atoms with Crippen LogP contribution in [0.3, 0.4) is 0 Å². The highest BCUT2D eigenvalue weighted by Crippen LogP contribution is 2.32. The summed E-state index contributed by atoms with van der Waals surface area (Å²) in [5, 5.41) is 19.3. The van der Waals surface area contributed by atoms with E-state index in [1.165, 1.54) is 12.1 Å². The van der Waals surface area contributed by atoms with Gasteiger partial charge in [0.25, 0.3) is 5.91 Å². The molecule has 35 heavy (non-hydrogen) atoms. The van der Waals surface area contributed by atoms with E-state index in [1.807, 2.05) is 17.0 Å². The molecule has 0 unspecified atom stereocenters. The van der Waals surface area contributed by atoms with Gasteiger partial charge in [0.05, 0.1) is 12.2 Å². The number of amides is 1. The highest BCUT2D eigenvalue weighted by molar-refractivity contribution is 6.09. The van der Waals surface area contributed by atoms with Crippen molar-refractivity contribution in [1.82, 2.24) is 14.4 Å². The van der Waals surface area contributed by atoms with Gasteiger partial charge in [-0.2, -0.15) is 0 Å². The predicted molar refractivity (Wildman–Crippen MR) is 130 cm³/mol. The lowest BCUT2D eigenvalue weighted by Crippen LogP contribution is -2.44. The third kappa shape index (κ3) is 4.49. The Kier molecular flexibility index (Phi) is 6.69. The first kappa shape index (κ1) is 23.7. The van der Waals surface area contributed by atoms with Crippen LogP contribution in [0.5, 0.6) is 0 Å². The number of aliphatic hydroxyl groups is 2. The number of fused-ring (bicyclic) bond motifs is 3. The topological polar surface area (TPSA) is 86.0 Å². The minimum absolute atomic E-state index is 0.0794. The third-order valence-electron chi connectivity index (χ3n) is 7.38. The minimum Gasteiger partial charge on any atom is -0.395 e. The number of Topliss-reactive ketones (excluding diaryl/α,β-unsaturated/α-hetero) is 1. The molecule has 1 amide bonds. The molecule has 184 valence electrons. The average molecular weight is 480 g/mol. The third-order valence-corrected chi connectivity index (χ3v) is 7.38. The van der Waals surface area contributed by atoms with Crippen LogP contribution < -0.4 is 0 Å². The zero-order valence-corrected chi connectivity index (χ0v) is 19.6. The van der Waals surface area contributed by atoms with Crippen LogP contribution in [0.4, 0.5) is 4.39 Å². The second-order valence-electron chi connectivity index (χ2n) is 9.40. The summed E-state index contributed by atoms with van der Waals surface area (Å²) in [7, 11) is 0. The van der Waals surface area contributed by atoms with Gasteiger partial charge in [-0.3, -0.25) is 14.5 Å². The fourth-order valence-electron chi connectivity index (χ4n) is 5.49. The van der Waals surface area contributed by atoms with E-state index in [0.717, 1.165) is 42.7 Å². The van der Waals surface area contributed by atoms with E-state index >= 15 is 0 Å². The smallest absolute Gasteiger partial charge is 0.256 e. The molecule has 2 N–H and O–H groups in total. The van der Waals surface area contributed by atoms with Gasteiger partial charge >= 0.3 is 0 Å². The summed E-state index contributed by atoms with van der Waals surface area (Å²) in [6, 6.07) is 11.8. The summed E-state index contributed by atoms with van der Waals surface area (Å²) in [6.07, 6.45) is 2.71. The van der Waals surface area contributed by atoms with Crippen LogP contribution in [-0.4, -0.2) is 81.7 Å². The van der Waals surface area contributed by atoms with Crippen LogP contribution in [0, 0.1) is 5.82 Å². The molecule has 0 aliphatic carbocycles. The van der Waals surface area contributed by atoms with E-state index in [-0.39, 0.29) is 30.2 Å². The maximum atomic E-state index is 14.2. The Bertz CT molecular complexity index is 1250. The van der Waals surface area contributed by atoms with Gasteiger partial charge in [0.15, 0.2) is 5.78 Å². The van der Waals surface area contributed by atoms with Crippen molar-refractivity contribution < 1.29 is 24.2 Å². The van der Waals surface area contributed by atoms with Gasteiger partial charge < -0.3 is 19.7 Å². The van der Waals surface area contributed by atoms with E-state index in [0.29, 0.717) is 42.6 Å². The molecular formula is C27H30FN3O4. The van der Waals surface area contributed by atoms with Crippen LogP contribution in [0.2, 0.25) is 0 Å². The molecule has 2 aliphatic heterocycles. The number of halogens is 1. The normalized spacial score (nSPS) is 18.4. The van der Waals surface area contributed by atoms with Gasteiger partial charge in [0.2, 0.25) is 0 Å². The summed E-state index contributed by atoms with van der Waals surface area (Å²) < 4.78 is 16.3. The summed E-state index contributed by atoms with van der Waals surface area (Å²) >= 11 is 0. The number of carbonyl (C=O) groups is 2. The van der Waals surface area contributed by atoms with Gasteiger partial charge in [-0.05, 0) is 43.1 Å². The highest BCUT2D eigenvalue weighted by atomic mass is 19.1. The molecule has 0 saturated carbocycles. The predicted octanol–water partition coefficient (Wildman–Crippen LogP) is 2.46. The zero-order chi connectivity index (χ0) is 24.5. The van der Waals surface area contributed by atoms with Gasteiger partial charge in [-0.15, -0.1) is 0 Å². The molecule has 3 heterocycles. The molecule has 8 heteroatoms. The summed E-state index contributed by atoms with van der Waals surface area (Å²) in [6.45, 7) is 2.93. The van der Waals surface area contributed by atoms with E-state index in [2.05, 4.69) is 9.47 Å². The maximum absolute atomic E-state index is 14.2. The summed E-state index contributed by atoms with van der Waals surface area (Å²) in [5.41, 5.74) is 3.67. The zero-order valence-electron chi connectivity index (χ0n) is 19.6. The van der Waals surface area contributed by atoms with Crippen molar-refractivity contribution in [2.24, 2.45) is 0 Å². The first-order valence-corrected chi connectivity index (χ1v) is 12.2. The molecule has 1 aromatic heterocycles. The number of nitrogens with zero attached hydrogens (tertiary/aromatic N) is 3. The fourth-order valence-corrected chi connectivity index (χ4v) is 5.49. The number of ketones is 1. The first-order valence-electron chi connectivity index (χ1n) is 12.2. The molecule has 3 aromatic rings. The molecule has 1 saturated heterocycles. The van der Waals surface area contributed by atoms with Crippen LogP contribution in [0.15, 0.2) is 42.5 Å². The molecule has 0 bridgehead atoms. The molecule has 2 aliphatic rings. The van der Waals surface area contributed by atoms with Crippen molar-refractivity contribution in [2.75, 3.05) is 39.4 Å². The SMILES string of the molecule is O=C(CO)c1ccc(Cn2c3c(c4cc(F)ccc42)C(=O)N(CCN2CCC[C@@H]2CO)CC3)cc1. The van der Waals surface area contributed by atoms with Crippen LogP contribution in [-0.2, 0) is 13.0 Å². The Labute approximate surface area is 203 Å². The molecule has 1 fully saturated rings. The van der Waals surface area contributed by atoms with Gasteiger partial charge in [0, 0.05) is 60.8 Å². The van der Waals surface area contributed by atoms with Crippen molar-refractivity contribution in [3.05, 3.63) is 70.7 Å². The lowest BCUT2D eigenvalue weighted by molar-refractivity contribution is 0.0703. The van der Waals surface area contributed by atoms with Gasteiger partial charge in [-0.25, -0.2) is 4.39 Å².